The van der Waals surface area contributed by atoms with Crippen LogP contribution in [0.3, 0.4) is 0 Å². The third-order valence-electron chi connectivity index (χ3n) is 5.09. The number of halogens is 1. The molecule has 24 heavy (non-hydrogen) atoms. The number of methoxy groups -OCH3 is 1. The molecule has 0 aliphatic heterocycles. The van der Waals surface area contributed by atoms with Gasteiger partial charge < -0.3 is 4.74 Å². The molecule has 3 rings (SSSR count). The first-order valence-corrected chi connectivity index (χ1v) is 8.64. The second kappa shape index (κ2) is 6.43. The molecule has 2 aromatic rings. The topological polar surface area (TPSA) is 9.23 Å². The average molecular weight is 324 g/mol. The Hall–Kier alpha value is -2.09. The van der Waals surface area contributed by atoms with Crippen molar-refractivity contribution in [1.82, 2.24) is 0 Å². The van der Waals surface area contributed by atoms with Crippen LogP contribution < -0.4 is 4.74 Å². The normalized spacial score (nSPS) is 16.1. The van der Waals surface area contributed by atoms with Crippen molar-refractivity contribution in [3.05, 3.63) is 59.4 Å². The number of ether oxygens (including phenoxy) is 1. The minimum Gasteiger partial charge on any atom is -0.497 e. The van der Waals surface area contributed by atoms with E-state index in [0.717, 1.165) is 30.4 Å². The highest BCUT2D eigenvalue weighted by Gasteiger charge is 2.30. The predicted molar refractivity (Wildman–Crippen MR) is 98.8 cm³/mol. The molecule has 126 valence electrons. The van der Waals surface area contributed by atoms with E-state index in [9.17, 15) is 4.39 Å². The summed E-state index contributed by atoms with van der Waals surface area (Å²) >= 11 is 0. The largest absolute Gasteiger partial charge is 0.497 e. The van der Waals surface area contributed by atoms with Gasteiger partial charge in [-0.05, 0) is 65.1 Å². The molecular weight excluding hydrogens is 299 g/mol. The summed E-state index contributed by atoms with van der Waals surface area (Å²) in [6, 6.07) is 11.3. The number of allylic oxidation sites excluding steroid dienone is 2. The zero-order valence-corrected chi connectivity index (χ0v) is 14.9. The van der Waals surface area contributed by atoms with Crippen molar-refractivity contribution in [2.75, 3.05) is 7.11 Å². The van der Waals surface area contributed by atoms with Gasteiger partial charge in [-0.1, -0.05) is 45.0 Å². The molecule has 1 aliphatic rings. The lowest BCUT2D eigenvalue weighted by Crippen LogP contribution is -2.10. The highest BCUT2D eigenvalue weighted by molar-refractivity contribution is 5.85. The zero-order chi connectivity index (χ0) is 17.3. The van der Waals surface area contributed by atoms with Gasteiger partial charge in [0.25, 0.3) is 0 Å². The van der Waals surface area contributed by atoms with Crippen LogP contribution in [0.15, 0.2) is 42.5 Å². The van der Waals surface area contributed by atoms with E-state index in [1.165, 1.54) is 17.2 Å². The molecule has 2 aromatic carbocycles. The molecule has 0 N–H and O–H groups in total. The fraction of sp³-hybridized carbons (Fsp3) is 0.364. The Morgan fingerprint density at radius 2 is 1.83 bits per heavy atom. The van der Waals surface area contributed by atoms with E-state index in [4.69, 9.17) is 4.74 Å². The maximum Gasteiger partial charge on any atom is 0.131 e. The van der Waals surface area contributed by atoms with Crippen LogP contribution in [0, 0.1) is 11.2 Å². The quantitative estimate of drug-likeness (QED) is 0.644. The number of rotatable bonds is 4. The predicted octanol–water partition coefficient (Wildman–Crippen LogP) is 6.27. The summed E-state index contributed by atoms with van der Waals surface area (Å²) in [4.78, 5) is 0. The third-order valence-corrected chi connectivity index (χ3v) is 5.09. The van der Waals surface area contributed by atoms with Crippen molar-refractivity contribution in [2.45, 2.75) is 40.0 Å². The van der Waals surface area contributed by atoms with Crippen LogP contribution in [0.1, 0.15) is 44.7 Å². The summed E-state index contributed by atoms with van der Waals surface area (Å²) in [5, 5.41) is 0. The van der Waals surface area contributed by atoms with Crippen molar-refractivity contribution in [3.8, 4) is 16.9 Å². The van der Waals surface area contributed by atoms with Crippen LogP contribution in [-0.2, 0) is 6.42 Å². The van der Waals surface area contributed by atoms with Crippen LogP contribution in [0.2, 0.25) is 0 Å². The van der Waals surface area contributed by atoms with Crippen molar-refractivity contribution >= 4 is 5.57 Å². The summed E-state index contributed by atoms with van der Waals surface area (Å²) in [5.74, 6) is 0.467. The monoisotopic (exact) mass is 324 g/mol. The van der Waals surface area contributed by atoms with E-state index >= 15 is 0 Å². The molecule has 0 aromatic heterocycles. The van der Waals surface area contributed by atoms with E-state index in [1.54, 1.807) is 19.2 Å². The lowest BCUT2D eigenvalue weighted by atomic mass is 9.79. The molecule has 0 radical (unpaired) electrons. The molecule has 0 saturated carbocycles. The number of aryl methyl sites for hydroxylation is 1. The average Bonchev–Trinajstić information content (AvgIpc) is 2.94. The Kier molecular flexibility index (Phi) is 4.49. The van der Waals surface area contributed by atoms with Crippen LogP contribution in [0.4, 0.5) is 4.39 Å². The van der Waals surface area contributed by atoms with Gasteiger partial charge in [-0.15, -0.1) is 0 Å². The van der Waals surface area contributed by atoms with Crippen molar-refractivity contribution in [3.63, 3.8) is 0 Å². The Balaban J connectivity index is 2.22. The Morgan fingerprint density at radius 1 is 1.04 bits per heavy atom. The Labute approximate surface area is 144 Å². The molecule has 0 unspecified atom stereocenters. The van der Waals surface area contributed by atoms with Gasteiger partial charge in [0, 0.05) is 5.56 Å². The lowest BCUT2D eigenvalue weighted by molar-refractivity contribution is 0.414. The fourth-order valence-corrected chi connectivity index (χ4v) is 3.57. The van der Waals surface area contributed by atoms with Crippen molar-refractivity contribution in [1.29, 1.82) is 0 Å². The van der Waals surface area contributed by atoms with Gasteiger partial charge in [0.15, 0.2) is 0 Å². The molecule has 0 saturated heterocycles. The van der Waals surface area contributed by atoms with Gasteiger partial charge in [0.05, 0.1) is 7.11 Å². The highest BCUT2D eigenvalue weighted by Crippen LogP contribution is 2.47. The zero-order valence-electron chi connectivity index (χ0n) is 14.9. The van der Waals surface area contributed by atoms with Crippen molar-refractivity contribution in [2.24, 2.45) is 5.41 Å². The smallest absolute Gasteiger partial charge is 0.131 e. The lowest BCUT2D eigenvalue weighted by Gasteiger charge is -2.25. The van der Waals surface area contributed by atoms with E-state index in [-0.39, 0.29) is 11.2 Å². The standard InChI is InChI=1S/C22H25FO/c1-5-15-8-10-17(19-14-16(24-4)9-11-21(19)23)18(13-15)20-7-6-12-22(20,2)3/h7-11,13-14H,5-6,12H2,1-4H3. The summed E-state index contributed by atoms with van der Waals surface area (Å²) in [5.41, 5.74) is 5.44. The molecule has 0 atom stereocenters. The van der Waals surface area contributed by atoms with Crippen LogP contribution in [-0.4, -0.2) is 7.11 Å². The van der Waals surface area contributed by atoms with Crippen LogP contribution in [0.5, 0.6) is 5.75 Å². The number of hydrogen-bond acceptors (Lipinski definition) is 1. The molecule has 0 bridgehead atoms. The number of benzene rings is 2. The van der Waals surface area contributed by atoms with E-state index in [2.05, 4.69) is 45.0 Å². The molecule has 0 heterocycles. The summed E-state index contributed by atoms with van der Waals surface area (Å²) < 4.78 is 19.9. The van der Waals surface area contributed by atoms with Gasteiger partial charge in [-0.2, -0.15) is 0 Å². The minimum absolute atomic E-state index is 0.121. The molecule has 1 aliphatic carbocycles. The fourth-order valence-electron chi connectivity index (χ4n) is 3.57. The summed E-state index contributed by atoms with van der Waals surface area (Å²) in [7, 11) is 1.61. The Morgan fingerprint density at radius 3 is 2.46 bits per heavy atom. The van der Waals surface area contributed by atoms with Crippen molar-refractivity contribution < 1.29 is 9.13 Å². The minimum atomic E-state index is -0.210. The Bertz CT molecular complexity index is 787. The van der Waals surface area contributed by atoms with Crippen LogP contribution in [0.25, 0.3) is 16.7 Å². The molecular formula is C22H25FO. The highest BCUT2D eigenvalue weighted by atomic mass is 19.1. The molecule has 0 amide bonds. The maximum absolute atomic E-state index is 14.6. The molecule has 1 nitrogen and oxygen atoms in total. The molecule has 0 spiro atoms. The first-order valence-electron chi connectivity index (χ1n) is 8.64. The molecule has 0 fully saturated rings. The van der Waals surface area contributed by atoms with E-state index < -0.39 is 0 Å². The first-order chi connectivity index (χ1) is 11.5. The van der Waals surface area contributed by atoms with Crippen LogP contribution >= 0.6 is 0 Å². The first kappa shape index (κ1) is 16.8. The van der Waals surface area contributed by atoms with Gasteiger partial charge >= 0.3 is 0 Å². The maximum atomic E-state index is 14.6. The van der Waals surface area contributed by atoms with Gasteiger partial charge in [0.1, 0.15) is 11.6 Å². The second-order valence-corrected chi connectivity index (χ2v) is 7.12. The second-order valence-electron chi connectivity index (χ2n) is 7.12. The summed E-state index contributed by atoms with van der Waals surface area (Å²) in [6.07, 6.45) is 5.51. The van der Waals surface area contributed by atoms with E-state index in [1.807, 2.05) is 0 Å². The van der Waals surface area contributed by atoms with E-state index in [0.29, 0.717) is 11.3 Å². The third kappa shape index (κ3) is 2.98. The number of hydrogen-bond donors (Lipinski definition) is 0. The van der Waals surface area contributed by atoms with Gasteiger partial charge in [-0.3, -0.25) is 0 Å². The molecule has 2 heteroatoms. The van der Waals surface area contributed by atoms with Gasteiger partial charge in [0.2, 0.25) is 0 Å². The summed E-state index contributed by atoms with van der Waals surface area (Å²) in [6.45, 7) is 6.70. The van der Waals surface area contributed by atoms with Gasteiger partial charge in [-0.25, -0.2) is 4.39 Å². The SMILES string of the molecule is CCc1ccc(-c2cc(OC)ccc2F)c(C2=CCCC2(C)C)c1.